The van der Waals surface area contributed by atoms with E-state index in [1.165, 1.54) is 6.07 Å². The Labute approximate surface area is 122 Å². The number of rotatable bonds is 4. The molecule has 0 saturated heterocycles. The van der Waals surface area contributed by atoms with Crippen LogP contribution in [0.15, 0.2) is 24.3 Å². The number of hydrogen-bond donors (Lipinski definition) is 1. The first-order valence-corrected chi connectivity index (χ1v) is 6.60. The summed E-state index contributed by atoms with van der Waals surface area (Å²) >= 11 is 5.74. The van der Waals surface area contributed by atoms with E-state index in [1.54, 1.807) is 12.1 Å². The number of nitriles is 1. The van der Waals surface area contributed by atoms with Crippen LogP contribution in [0, 0.1) is 24.1 Å². The van der Waals surface area contributed by atoms with Crippen molar-refractivity contribution < 1.29 is 4.39 Å². The van der Waals surface area contributed by atoms with Crippen LogP contribution >= 0.6 is 11.6 Å². The standard InChI is InChI=1S/C15H15ClFN3/c1-10-12(6-13(7-18)20(10)2)9-19-8-11-3-4-15(17)14(16)5-11/h3-6,19H,8-9H2,1-2H3. The summed E-state index contributed by atoms with van der Waals surface area (Å²) in [4.78, 5) is 0. The van der Waals surface area contributed by atoms with Crippen LogP contribution in [0.25, 0.3) is 0 Å². The van der Waals surface area contributed by atoms with Gasteiger partial charge in [0.05, 0.1) is 5.02 Å². The molecular formula is C15H15ClFN3. The smallest absolute Gasteiger partial charge is 0.141 e. The molecule has 5 heteroatoms. The molecule has 1 aromatic carbocycles. The normalized spacial score (nSPS) is 10.6. The van der Waals surface area contributed by atoms with E-state index < -0.39 is 5.82 Å². The van der Waals surface area contributed by atoms with Crippen molar-refractivity contribution in [3.8, 4) is 6.07 Å². The van der Waals surface area contributed by atoms with Gasteiger partial charge in [-0.1, -0.05) is 17.7 Å². The molecule has 0 bridgehead atoms. The van der Waals surface area contributed by atoms with Gasteiger partial charge in [-0.2, -0.15) is 5.26 Å². The van der Waals surface area contributed by atoms with E-state index in [1.807, 2.05) is 24.6 Å². The second-order valence-corrected chi connectivity index (χ2v) is 5.07. The predicted octanol–water partition coefficient (Wildman–Crippen LogP) is 3.29. The number of nitrogens with zero attached hydrogens (tertiary/aromatic N) is 2. The molecule has 2 rings (SSSR count). The zero-order chi connectivity index (χ0) is 14.7. The summed E-state index contributed by atoms with van der Waals surface area (Å²) in [5.41, 5.74) is 3.71. The fourth-order valence-electron chi connectivity index (χ4n) is 2.04. The summed E-state index contributed by atoms with van der Waals surface area (Å²) in [6, 6.07) is 8.71. The van der Waals surface area contributed by atoms with Crippen molar-refractivity contribution in [3.05, 3.63) is 57.6 Å². The number of hydrogen-bond acceptors (Lipinski definition) is 2. The number of halogens is 2. The highest BCUT2D eigenvalue weighted by molar-refractivity contribution is 6.30. The molecule has 0 spiro atoms. The molecule has 2 aromatic rings. The maximum absolute atomic E-state index is 13.0. The van der Waals surface area contributed by atoms with Gasteiger partial charge in [0.25, 0.3) is 0 Å². The fourth-order valence-corrected chi connectivity index (χ4v) is 2.24. The molecule has 1 heterocycles. The van der Waals surface area contributed by atoms with Gasteiger partial charge >= 0.3 is 0 Å². The van der Waals surface area contributed by atoms with Gasteiger partial charge in [-0.05, 0) is 36.2 Å². The van der Waals surface area contributed by atoms with Crippen molar-refractivity contribution in [1.82, 2.24) is 9.88 Å². The van der Waals surface area contributed by atoms with E-state index >= 15 is 0 Å². The molecule has 0 radical (unpaired) electrons. The monoisotopic (exact) mass is 291 g/mol. The van der Waals surface area contributed by atoms with Crippen LogP contribution in [0.4, 0.5) is 4.39 Å². The Bertz CT molecular complexity index is 670. The van der Waals surface area contributed by atoms with Crippen LogP contribution in [0.3, 0.4) is 0 Å². The third kappa shape index (κ3) is 3.01. The molecule has 0 unspecified atom stereocenters. The highest BCUT2D eigenvalue weighted by atomic mass is 35.5. The third-order valence-corrected chi connectivity index (χ3v) is 3.67. The maximum Gasteiger partial charge on any atom is 0.141 e. The van der Waals surface area contributed by atoms with E-state index in [-0.39, 0.29) is 5.02 Å². The van der Waals surface area contributed by atoms with Crippen molar-refractivity contribution in [2.24, 2.45) is 7.05 Å². The largest absolute Gasteiger partial charge is 0.340 e. The van der Waals surface area contributed by atoms with Crippen molar-refractivity contribution >= 4 is 11.6 Å². The van der Waals surface area contributed by atoms with Gasteiger partial charge < -0.3 is 9.88 Å². The average molecular weight is 292 g/mol. The van der Waals surface area contributed by atoms with Gasteiger partial charge in [-0.25, -0.2) is 4.39 Å². The van der Waals surface area contributed by atoms with Gasteiger partial charge in [0.2, 0.25) is 0 Å². The summed E-state index contributed by atoms with van der Waals surface area (Å²) in [6.45, 7) is 3.22. The van der Waals surface area contributed by atoms with Crippen LogP contribution in [0.2, 0.25) is 5.02 Å². The minimum Gasteiger partial charge on any atom is -0.340 e. The van der Waals surface area contributed by atoms with E-state index in [4.69, 9.17) is 16.9 Å². The quantitative estimate of drug-likeness (QED) is 0.939. The first-order chi connectivity index (χ1) is 9.52. The van der Waals surface area contributed by atoms with Crippen molar-refractivity contribution in [2.45, 2.75) is 20.0 Å². The highest BCUT2D eigenvalue weighted by Crippen LogP contribution is 2.16. The fraction of sp³-hybridized carbons (Fsp3) is 0.267. The molecule has 0 saturated carbocycles. The molecule has 0 aliphatic heterocycles. The summed E-state index contributed by atoms with van der Waals surface area (Å²) in [6.07, 6.45) is 0. The van der Waals surface area contributed by atoms with Crippen LogP contribution in [0.5, 0.6) is 0 Å². The van der Waals surface area contributed by atoms with Crippen LogP contribution in [-0.2, 0) is 20.1 Å². The van der Waals surface area contributed by atoms with Gasteiger partial charge in [0, 0.05) is 25.8 Å². The summed E-state index contributed by atoms with van der Waals surface area (Å²) in [5.74, 6) is -0.409. The van der Waals surface area contributed by atoms with Gasteiger partial charge in [0.15, 0.2) is 0 Å². The predicted molar refractivity (Wildman–Crippen MR) is 76.8 cm³/mol. The Morgan fingerprint density at radius 2 is 2.10 bits per heavy atom. The van der Waals surface area contributed by atoms with Gasteiger partial charge in [-0.15, -0.1) is 0 Å². The first kappa shape index (κ1) is 14.6. The van der Waals surface area contributed by atoms with Crippen molar-refractivity contribution in [2.75, 3.05) is 0 Å². The first-order valence-electron chi connectivity index (χ1n) is 6.23. The lowest BCUT2D eigenvalue weighted by Gasteiger charge is -2.06. The number of nitrogens with one attached hydrogen (secondary N) is 1. The zero-order valence-electron chi connectivity index (χ0n) is 11.4. The Morgan fingerprint density at radius 3 is 2.70 bits per heavy atom. The van der Waals surface area contributed by atoms with E-state index in [0.717, 1.165) is 16.8 Å². The van der Waals surface area contributed by atoms with Gasteiger partial charge in [-0.3, -0.25) is 0 Å². The molecule has 1 aromatic heterocycles. The van der Waals surface area contributed by atoms with Crippen molar-refractivity contribution in [3.63, 3.8) is 0 Å². The third-order valence-electron chi connectivity index (χ3n) is 3.38. The molecule has 0 fully saturated rings. The molecule has 104 valence electrons. The second kappa shape index (κ2) is 6.08. The molecule has 0 aliphatic rings. The summed E-state index contributed by atoms with van der Waals surface area (Å²) in [5, 5.41) is 12.4. The minimum absolute atomic E-state index is 0.131. The molecule has 20 heavy (non-hydrogen) atoms. The second-order valence-electron chi connectivity index (χ2n) is 4.66. The molecule has 0 amide bonds. The molecule has 0 aliphatic carbocycles. The van der Waals surface area contributed by atoms with E-state index in [0.29, 0.717) is 18.8 Å². The lowest BCUT2D eigenvalue weighted by Crippen LogP contribution is -2.13. The Hall–Kier alpha value is -1.83. The van der Waals surface area contributed by atoms with Crippen LogP contribution < -0.4 is 5.32 Å². The SMILES string of the molecule is Cc1c(CNCc2ccc(F)c(Cl)c2)cc(C#N)n1C. The van der Waals surface area contributed by atoms with Crippen molar-refractivity contribution in [1.29, 1.82) is 5.26 Å². The molecule has 1 N–H and O–H groups in total. The average Bonchev–Trinajstić information content (AvgIpc) is 2.70. The Balaban J connectivity index is 1.99. The lowest BCUT2D eigenvalue weighted by molar-refractivity contribution is 0.625. The summed E-state index contributed by atoms with van der Waals surface area (Å²) < 4.78 is 14.9. The zero-order valence-corrected chi connectivity index (χ0v) is 12.1. The lowest BCUT2D eigenvalue weighted by atomic mass is 10.2. The van der Waals surface area contributed by atoms with E-state index in [2.05, 4.69) is 11.4 Å². The maximum atomic E-state index is 13.0. The molecular weight excluding hydrogens is 277 g/mol. The number of benzene rings is 1. The Kier molecular flexibility index (Phi) is 4.43. The minimum atomic E-state index is -0.409. The van der Waals surface area contributed by atoms with Crippen LogP contribution in [0.1, 0.15) is 22.5 Å². The van der Waals surface area contributed by atoms with E-state index in [9.17, 15) is 4.39 Å². The highest BCUT2D eigenvalue weighted by Gasteiger charge is 2.08. The topological polar surface area (TPSA) is 40.8 Å². The summed E-state index contributed by atoms with van der Waals surface area (Å²) in [7, 11) is 1.87. The Morgan fingerprint density at radius 1 is 1.35 bits per heavy atom. The molecule has 0 atom stereocenters. The van der Waals surface area contributed by atoms with Gasteiger partial charge in [0.1, 0.15) is 17.6 Å². The van der Waals surface area contributed by atoms with Crippen LogP contribution in [-0.4, -0.2) is 4.57 Å². The molecule has 3 nitrogen and oxygen atoms in total. The number of aromatic nitrogens is 1.